The fraction of sp³-hybridized carbons (Fsp3) is 0.381. The van der Waals surface area contributed by atoms with E-state index in [4.69, 9.17) is 0 Å². The van der Waals surface area contributed by atoms with Crippen LogP contribution in [-0.4, -0.2) is 36.8 Å². The average Bonchev–Trinajstić information content (AvgIpc) is 3.29. The first-order chi connectivity index (χ1) is 13.6. The third-order valence-corrected chi connectivity index (χ3v) is 5.29. The lowest BCUT2D eigenvalue weighted by molar-refractivity contribution is 0.176. The minimum absolute atomic E-state index is 0.0266. The van der Waals surface area contributed by atoms with E-state index in [1.807, 2.05) is 54.0 Å². The van der Waals surface area contributed by atoms with Crippen LogP contribution < -0.4 is 5.32 Å². The summed E-state index contributed by atoms with van der Waals surface area (Å²) >= 11 is 0. The summed E-state index contributed by atoms with van der Waals surface area (Å²) in [5, 5.41) is 7.72. The molecule has 2 aromatic heterocycles. The quantitative estimate of drug-likeness (QED) is 0.742. The van der Waals surface area contributed by atoms with Crippen LogP contribution in [0.4, 0.5) is 4.79 Å². The van der Waals surface area contributed by atoms with Crippen molar-refractivity contribution in [1.82, 2.24) is 29.5 Å². The number of benzene rings is 1. The number of aryl methyl sites for hydroxylation is 3. The van der Waals surface area contributed by atoms with Crippen molar-refractivity contribution in [2.45, 2.75) is 45.9 Å². The molecule has 0 spiro atoms. The number of nitrogens with one attached hydrogen (secondary N) is 1. The van der Waals surface area contributed by atoms with Gasteiger partial charge in [-0.15, -0.1) is 0 Å². The van der Waals surface area contributed by atoms with Crippen LogP contribution >= 0.6 is 0 Å². The van der Waals surface area contributed by atoms with Crippen LogP contribution in [-0.2, 0) is 19.6 Å². The SMILES string of the molecule is Cc1cc2n(n1)CCN(C(=O)N[C@@H](CCn1ccnc1C)c1ccccc1)C2. The maximum Gasteiger partial charge on any atom is 0.318 e. The number of carbonyl (C=O) groups is 1. The van der Waals surface area contributed by atoms with Gasteiger partial charge in [0.2, 0.25) is 0 Å². The fourth-order valence-electron chi connectivity index (χ4n) is 3.74. The molecule has 0 saturated carbocycles. The van der Waals surface area contributed by atoms with Crippen molar-refractivity contribution in [3.8, 4) is 0 Å². The van der Waals surface area contributed by atoms with E-state index in [2.05, 4.69) is 38.2 Å². The number of nitrogens with zero attached hydrogens (tertiary/aromatic N) is 5. The Balaban J connectivity index is 1.46. The molecule has 1 aromatic carbocycles. The molecule has 28 heavy (non-hydrogen) atoms. The average molecular weight is 378 g/mol. The summed E-state index contributed by atoms with van der Waals surface area (Å²) in [5.74, 6) is 0.984. The van der Waals surface area contributed by atoms with Crippen molar-refractivity contribution in [2.75, 3.05) is 6.54 Å². The van der Waals surface area contributed by atoms with E-state index in [1.165, 1.54) is 0 Å². The summed E-state index contributed by atoms with van der Waals surface area (Å²) < 4.78 is 4.11. The first kappa shape index (κ1) is 18.3. The third-order valence-electron chi connectivity index (χ3n) is 5.29. The molecule has 1 aliphatic heterocycles. The molecule has 1 atom stereocenters. The van der Waals surface area contributed by atoms with Gasteiger partial charge in [0.05, 0.1) is 30.5 Å². The Labute approximate surface area is 165 Å². The maximum absolute atomic E-state index is 13.0. The molecular weight excluding hydrogens is 352 g/mol. The molecule has 3 heterocycles. The van der Waals surface area contributed by atoms with E-state index in [0.29, 0.717) is 13.1 Å². The third kappa shape index (κ3) is 3.93. The molecule has 1 N–H and O–H groups in total. The van der Waals surface area contributed by atoms with E-state index in [9.17, 15) is 4.79 Å². The zero-order chi connectivity index (χ0) is 19.5. The number of aromatic nitrogens is 4. The van der Waals surface area contributed by atoms with Gasteiger partial charge < -0.3 is 14.8 Å². The highest BCUT2D eigenvalue weighted by Gasteiger charge is 2.24. The van der Waals surface area contributed by atoms with Gasteiger partial charge in [-0.05, 0) is 31.9 Å². The summed E-state index contributed by atoms with van der Waals surface area (Å²) in [4.78, 5) is 19.1. The molecule has 0 unspecified atom stereocenters. The van der Waals surface area contributed by atoms with E-state index in [0.717, 1.165) is 42.3 Å². The van der Waals surface area contributed by atoms with Gasteiger partial charge in [0.25, 0.3) is 0 Å². The largest absolute Gasteiger partial charge is 0.335 e. The summed E-state index contributed by atoms with van der Waals surface area (Å²) in [5.41, 5.74) is 3.20. The standard InChI is InChI=1S/C21H26N6O/c1-16-14-19-15-26(12-13-27(19)24-16)21(28)23-20(18-6-4-3-5-7-18)8-10-25-11-9-22-17(25)2/h3-7,9,11,14,20H,8,10,12-13,15H2,1-2H3,(H,23,28)/t20-/m0/s1. The van der Waals surface area contributed by atoms with Crippen molar-refractivity contribution >= 4 is 6.03 Å². The first-order valence-corrected chi connectivity index (χ1v) is 9.71. The molecule has 4 rings (SSSR count). The molecule has 0 bridgehead atoms. The van der Waals surface area contributed by atoms with Crippen molar-refractivity contribution < 1.29 is 4.79 Å². The van der Waals surface area contributed by atoms with Gasteiger partial charge in [0, 0.05) is 25.5 Å². The minimum Gasteiger partial charge on any atom is -0.335 e. The van der Waals surface area contributed by atoms with Crippen LogP contribution in [0.3, 0.4) is 0 Å². The summed E-state index contributed by atoms with van der Waals surface area (Å²) in [6.07, 6.45) is 4.59. The molecule has 0 radical (unpaired) electrons. The van der Waals surface area contributed by atoms with Crippen molar-refractivity contribution in [2.24, 2.45) is 0 Å². The van der Waals surface area contributed by atoms with E-state index in [-0.39, 0.29) is 12.1 Å². The highest BCUT2D eigenvalue weighted by molar-refractivity contribution is 5.74. The monoisotopic (exact) mass is 378 g/mol. The Morgan fingerprint density at radius 1 is 1.21 bits per heavy atom. The second-order valence-electron chi connectivity index (χ2n) is 7.29. The Morgan fingerprint density at radius 2 is 2.04 bits per heavy atom. The highest BCUT2D eigenvalue weighted by Crippen LogP contribution is 2.20. The Bertz CT molecular complexity index is 945. The number of urea groups is 1. The van der Waals surface area contributed by atoms with Gasteiger partial charge in [0.1, 0.15) is 5.82 Å². The topological polar surface area (TPSA) is 68.0 Å². The number of imidazole rings is 1. The number of carbonyl (C=O) groups excluding carboxylic acids is 1. The summed E-state index contributed by atoms with van der Waals surface area (Å²) in [6, 6.07) is 12.1. The van der Waals surface area contributed by atoms with Gasteiger partial charge in [-0.2, -0.15) is 5.10 Å². The van der Waals surface area contributed by atoms with Gasteiger partial charge in [-0.1, -0.05) is 30.3 Å². The molecule has 7 nitrogen and oxygen atoms in total. The molecule has 1 aliphatic rings. The number of rotatable bonds is 5. The normalized spacial score (nSPS) is 14.6. The Morgan fingerprint density at radius 3 is 2.79 bits per heavy atom. The van der Waals surface area contributed by atoms with E-state index >= 15 is 0 Å². The lowest BCUT2D eigenvalue weighted by atomic mass is 10.0. The van der Waals surface area contributed by atoms with Crippen molar-refractivity contribution in [3.63, 3.8) is 0 Å². The van der Waals surface area contributed by atoms with E-state index in [1.54, 1.807) is 0 Å². The van der Waals surface area contributed by atoms with Gasteiger partial charge in [-0.3, -0.25) is 4.68 Å². The zero-order valence-electron chi connectivity index (χ0n) is 16.4. The van der Waals surface area contributed by atoms with E-state index < -0.39 is 0 Å². The Hall–Kier alpha value is -3.09. The molecule has 0 fully saturated rings. The summed E-state index contributed by atoms with van der Waals surface area (Å²) in [6.45, 7) is 6.78. The second-order valence-corrected chi connectivity index (χ2v) is 7.29. The lowest BCUT2D eigenvalue weighted by Gasteiger charge is -2.30. The van der Waals surface area contributed by atoms with Crippen LogP contribution in [0.5, 0.6) is 0 Å². The highest BCUT2D eigenvalue weighted by atomic mass is 16.2. The van der Waals surface area contributed by atoms with Crippen molar-refractivity contribution in [3.05, 3.63) is 71.6 Å². The van der Waals surface area contributed by atoms with Gasteiger partial charge >= 0.3 is 6.03 Å². The Kier molecular flexibility index (Phi) is 5.14. The van der Waals surface area contributed by atoms with Gasteiger partial charge in [-0.25, -0.2) is 9.78 Å². The maximum atomic E-state index is 13.0. The molecule has 146 valence electrons. The smallest absolute Gasteiger partial charge is 0.318 e. The fourth-order valence-corrected chi connectivity index (χ4v) is 3.74. The molecule has 2 amide bonds. The lowest BCUT2D eigenvalue weighted by Crippen LogP contribution is -2.45. The van der Waals surface area contributed by atoms with Crippen LogP contribution in [0, 0.1) is 13.8 Å². The minimum atomic E-state index is -0.0518. The molecule has 3 aromatic rings. The predicted molar refractivity (Wildman–Crippen MR) is 107 cm³/mol. The molecular formula is C21H26N6O. The number of amides is 2. The van der Waals surface area contributed by atoms with Crippen LogP contribution in [0.1, 0.15) is 35.2 Å². The summed E-state index contributed by atoms with van der Waals surface area (Å²) in [7, 11) is 0. The number of fused-ring (bicyclic) bond motifs is 1. The second kappa shape index (κ2) is 7.88. The number of hydrogen-bond acceptors (Lipinski definition) is 3. The van der Waals surface area contributed by atoms with Crippen LogP contribution in [0.2, 0.25) is 0 Å². The zero-order valence-corrected chi connectivity index (χ0v) is 16.4. The van der Waals surface area contributed by atoms with Crippen LogP contribution in [0.25, 0.3) is 0 Å². The molecule has 7 heteroatoms. The molecule has 0 aliphatic carbocycles. The predicted octanol–water partition coefficient (Wildman–Crippen LogP) is 3.05. The number of hydrogen-bond donors (Lipinski definition) is 1. The first-order valence-electron chi connectivity index (χ1n) is 9.71. The van der Waals surface area contributed by atoms with Gasteiger partial charge in [0.15, 0.2) is 0 Å². The van der Waals surface area contributed by atoms with Crippen LogP contribution in [0.15, 0.2) is 48.8 Å². The van der Waals surface area contributed by atoms with Crippen molar-refractivity contribution in [1.29, 1.82) is 0 Å². The molecule has 0 saturated heterocycles.